The van der Waals surface area contributed by atoms with E-state index in [-0.39, 0.29) is 86.4 Å². The van der Waals surface area contributed by atoms with Crippen molar-refractivity contribution < 1.29 is 96.7 Å². The second-order valence-corrected chi connectivity index (χ2v) is 7.36. The summed E-state index contributed by atoms with van der Waals surface area (Å²) in [7, 11) is 3.24. The standard InChI is InChI=1S/C16H33N5O5.4ClH/c1-21(12(22)7-18)13-11(24-2)5-10(20)15(14(13)23)26-16-9(19)4-3-8(6-17)25-16;;;;/h8-11,13-16,23H,3-7,17-20H2,1-2H3;4*1H/t8-,9-,10-,11-,13+,14+,15+,16+;;;;/m0..../s1. The number of rotatable bonds is 6. The summed E-state index contributed by atoms with van der Waals surface area (Å²) in [6.45, 7) is 0.788. The molecule has 1 heterocycles. The zero-order chi connectivity index (χ0) is 19.4. The van der Waals surface area contributed by atoms with Gasteiger partial charge in [0.1, 0.15) is 36.9 Å². The van der Waals surface area contributed by atoms with Gasteiger partial charge in [0, 0.05) is 27.0 Å². The lowest BCUT2D eigenvalue weighted by molar-refractivity contribution is -0.506. The van der Waals surface area contributed by atoms with Gasteiger partial charge in [0.15, 0.2) is 6.54 Å². The Hall–Kier alpha value is 0.310. The first kappa shape index (κ1) is 34.9. The molecule has 0 aromatic rings. The molecule has 1 saturated heterocycles. The largest absolute Gasteiger partial charge is 1.00 e. The molecule has 2 aliphatic rings. The average Bonchev–Trinajstić information content (AvgIpc) is 2.64. The van der Waals surface area contributed by atoms with Gasteiger partial charge in [0.05, 0.1) is 12.1 Å². The summed E-state index contributed by atoms with van der Waals surface area (Å²) in [5.74, 6) is -0.154. The second kappa shape index (κ2) is 16.0. The lowest BCUT2D eigenvalue weighted by Crippen LogP contribution is -3.00. The molecule has 1 amide bonds. The Morgan fingerprint density at radius 1 is 1.13 bits per heavy atom. The predicted molar refractivity (Wildman–Crippen MR) is 89.6 cm³/mol. The van der Waals surface area contributed by atoms with Crippen LogP contribution in [0.2, 0.25) is 0 Å². The third-order valence-electron chi connectivity index (χ3n) is 5.61. The molecule has 184 valence electrons. The number of nitrogens with zero attached hydrogens (tertiary/aromatic N) is 1. The van der Waals surface area contributed by atoms with Gasteiger partial charge < -0.3 is 96.8 Å². The summed E-state index contributed by atoms with van der Waals surface area (Å²) in [4.78, 5) is 13.6. The van der Waals surface area contributed by atoms with Crippen molar-refractivity contribution in [2.45, 2.75) is 68.1 Å². The molecule has 0 unspecified atom stereocenters. The first-order valence-electron chi connectivity index (χ1n) is 9.36. The molecule has 10 nitrogen and oxygen atoms in total. The van der Waals surface area contributed by atoms with Gasteiger partial charge in [0.2, 0.25) is 6.29 Å². The highest BCUT2D eigenvalue weighted by molar-refractivity contribution is 5.77. The van der Waals surface area contributed by atoms with Crippen molar-refractivity contribution >= 4 is 5.91 Å². The molecule has 0 spiro atoms. The van der Waals surface area contributed by atoms with Crippen LogP contribution >= 0.6 is 0 Å². The summed E-state index contributed by atoms with van der Waals surface area (Å²) >= 11 is 0. The predicted octanol–water partition coefficient (Wildman–Crippen LogP) is -17.8. The number of hydrogen-bond acceptors (Lipinski definition) is 5. The zero-order valence-corrected chi connectivity index (χ0v) is 20.5. The highest BCUT2D eigenvalue weighted by Crippen LogP contribution is 2.29. The molecule has 1 aliphatic heterocycles. The van der Waals surface area contributed by atoms with Crippen LogP contribution in [0.4, 0.5) is 0 Å². The van der Waals surface area contributed by atoms with E-state index in [4.69, 9.17) is 14.2 Å². The molecule has 2 fully saturated rings. The average molecular weight is 521 g/mol. The third-order valence-corrected chi connectivity index (χ3v) is 5.61. The Kier molecular flexibility index (Phi) is 18.6. The number of amides is 1. The lowest BCUT2D eigenvalue weighted by Gasteiger charge is -2.46. The Bertz CT molecular complexity index is 487. The molecule has 1 aliphatic carbocycles. The van der Waals surface area contributed by atoms with Crippen molar-refractivity contribution in [3.8, 4) is 0 Å². The first-order valence-corrected chi connectivity index (χ1v) is 9.36. The van der Waals surface area contributed by atoms with Crippen molar-refractivity contribution in [1.29, 1.82) is 0 Å². The van der Waals surface area contributed by atoms with E-state index in [1.807, 2.05) is 0 Å². The van der Waals surface area contributed by atoms with E-state index in [1.54, 1.807) is 14.2 Å². The van der Waals surface area contributed by atoms with Crippen molar-refractivity contribution in [2.24, 2.45) is 0 Å². The minimum Gasteiger partial charge on any atom is -1.00 e. The van der Waals surface area contributed by atoms with Crippen molar-refractivity contribution in [3.63, 3.8) is 0 Å². The van der Waals surface area contributed by atoms with Crippen LogP contribution in [0.1, 0.15) is 19.3 Å². The number of carbonyl (C=O) groups excluding carboxylic acids is 1. The van der Waals surface area contributed by atoms with Crippen LogP contribution in [-0.4, -0.2) is 92.0 Å². The third kappa shape index (κ3) is 8.02. The summed E-state index contributed by atoms with van der Waals surface area (Å²) in [5.41, 5.74) is 15.8. The monoisotopic (exact) mass is 519 g/mol. The number of hydrogen-bond donors (Lipinski definition) is 5. The van der Waals surface area contributed by atoms with E-state index >= 15 is 0 Å². The zero-order valence-electron chi connectivity index (χ0n) is 17.5. The molecule has 14 heteroatoms. The van der Waals surface area contributed by atoms with E-state index in [0.29, 0.717) is 13.0 Å². The van der Waals surface area contributed by atoms with Gasteiger partial charge in [-0.2, -0.15) is 0 Å². The van der Waals surface area contributed by atoms with Gasteiger partial charge in [-0.25, -0.2) is 0 Å². The molecule has 0 aromatic carbocycles. The van der Waals surface area contributed by atoms with Gasteiger partial charge in [-0.1, -0.05) is 0 Å². The van der Waals surface area contributed by atoms with Crippen LogP contribution in [0.15, 0.2) is 0 Å². The van der Waals surface area contributed by atoms with E-state index in [9.17, 15) is 9.90 Å². The number of methoxy groups -OCH3 is 1. The Labute approximate surface area is 202 Å². The van der Waals surface area contributed by atoms with Crippen LogP contribution in [0.25, 0.3) is 0 Å². The fourth-order valence-electron chi connectivity index (χ4n) is 3.93. The van der Waals surface area contributed by atoms with Gasteiger partial charge >= 0.3 is 0 Å². The summed E-state index contributed by atoms with van der Waals surface area (Å²) in [6, 6.07) is -0.729. The number of likely N-dealkylation sites (N-methyl/N-ethyl adjacent to an activating group) is 1. The number of halogens is 4. The maximum Gasteiger partial charge on any atom is 0.277 e. The number of ether oxygens (including phenoxy) is 3. The lowest BCUT2D eigenvalue weighted by atomic mass is 9.83. The fourth-order valence-corrected chi connectivity index (χ4v) is 3.93. The maximum absolute atomic E-state index is 12.1. The molecule has 0 aromatic heterocycles. The molecule has 2 rings (SSSR count). The minimum absolute atomic E-state index is 0. The molecule has 30 heavy (non-hydrogen) atoms. The highest BCUT2D eigenvalue weighted by atomic mass is 35.5. The second-order valence-electron chi connectivity index (χ2n) is 7.36. The SMILES string of the molecule is CO[C@H]1C[C@H]([NH3+])[C@@H](O[C@H]2O[C@H](C[NH3+])CC[C@@H]2[NH3+])[C@H](O)[C@@H]1N(C)C(=O)C[NH3+].[Cl-].[Cl-].[Cl-].[Cl-]. The Morgan fingerprint density at radius 2 is 1.73 bits per heavy atom. The summed E-state index contributed by atoms with van der Waals surface area (Å²) in [6.07, 6.45) is 0.0890. The molecule has 0 bridgehead atoms. The van der Waals surface area contributed by atoms with Crippen LogP contribution in [0.5, 0.6) is 0 Å². The quantitative estimate of drug-likeness (QED) is 0.233. The Balaban J connectivity index is -0.00000182. The van der Waals surface area contributed by atoms with E-state index in [0.717, 1.165) is 12.8 Å². The van der Waals surface area contributed by atoms with E-state index in [2.05, 4.69) is 22.9 Å². The van der Waals surface area contributed by atoms with E-state index in [1.165, 1.54) is 4.90 Å². The first-order chi connectivity index (χ1) is 12.3. The van der Waals surface area contributed by atoms with Gasteiger partial charge in [-0.3, -0.25) is 4.79 Å². The number of quaternary nitrogens is 4. The van der Waals surface area contributed by atoms with Crippen LogP contribution in [-0.2, 0) is 19.0 Å². The molecular weight excluding hydrogens is 484 g/mol. The Morgan fingerprint density at radius 3 is 2.23 bits per heavy atom. The topological polar surface area (TPSA) is 179 Å². The van der Waals surface area contributed by atoms with Crippen LogP contribution < -0.4 is 72.6 Å². The molecule has 0 radical (unpaired) electrons. The molecular formula is C16H37Cl4N5O5. The normalized spacial score (nSPS) is 35.6. The van der Waals surface area contributed by atoms with Gasteiger partial charge in [-0.15, -0.1) is 0 Å². The highest BCUT2D eigenvalue weighted by Gasteiger charge is 2.50. The van der Waals surface area contributed by atoms with E-state index < -0.39 is 24.5 Å². The summed E-state index contributed by atoms with van der Waals surface area (Å²) < 4.78 is 17.6. The van der Waals surface area contributed by atoms with Crippen molar-refractivity contribution in [1.82, 2.24) is 4.90 Å². The number of carbonyl (C=O) groups is 1. The molecule has 13 N–H and O–H groups in total. The maximum atomic E-state index is 12.1. The van der Waals surface area contributed by atoms with Gasteiger partial charge in [-0.05, 0) is 6.42 Å². The molecule has 8 atom stereocenters. The molecule has 1 saturated carbocycles. The van der Waals surface area contributed by atoms with Gasteiger partial charge in [0.25, 0.3) is 5.91 Å². The minimum atomic E-state index is -0.937. The van der Waals surface area contributed by atoms with Crippen molar-refractivity contribution in [2.75, 3.05) is 27.2 Å². The number of aliphatic hydroxyl groups excluding tert-OH is 1. The van der Waals surface area contributed by atoms with Crippen LogP contribution in [0, 0.1) is 0 Å². The van der Waals surface area contributed by atoms with Crippen molar-refractivity contribution in [3.05, 3.63) is 0 Å². The summed E-state index contributed by atoms with van der Waals surface area (Å²) in [5, 5.41) is 11.0. The smallest absolute Gasteiger partial charge is 0.277 e. The number of aliphatic hydroxyl groups is 1. The fraction of sp³-hybridized carbons (Fsp3) is 0.938. The van der Waals surface area contributed by atoms with Crippen LogP contribution in [0.3, 0.4) is 0 Å².